The number of benzene rings is 1. The van der Waals surface area contributed by atoms with Gasteiger partial charge in [-0.15, -0.1) is 0 Å². The summed E-state index contributed by atoms with van der Waals surface area (Å²) in [4.78, 5) is 12.2. The number of carbonyl (C=O) groups excluding carboxylic acids is 1. The molecule has 2 amide bonds. The van der Waals surface area contributed by atoms with Crippen LogP contribution in [0.3, 0.4) is 0 Å². The first-order chi connectivity index (χ1) is 13.9. The number of nitrogens with one attached hydrogen (secondary N) is 2. The molecule has 1 heterocycles. The first-order valence-corrected chi connectivity index (χ1v) is 12.2. The highest BCUT2D eigenvalue weighted by Gasteiger charge is 2.29. The number of carbonyl (C=O) groups is 1. The molecule has 7 nitrogen and oxygen atoms in total. The normalized spacial score (nSPS) is 23.1. The fourth-order valence-electron chi connectivity index (χ4n) is 3.93. The third kappa shape index (κ3) is 5.84. The van der Waals surface area contributed by atoms with Gasteiger partial charge in [0.1, 0.15) is 4.90 Å². The predicted octanol–water partition coefficient (Wildman–Crippen LogP) is 3.84. The number of nitrogens with zero attached hydrogens (tertiary/aromatic N) is 1. The van der Waals surface area contributed by atoms with Crippen LogP contribution in [0, 0.1) is 5.92 Å². The van der Waals surface area contributed by atoms with Gasteiger partial charge >= 0.3 is 6.03 Å². The lowest BCUT2D eigenvalue weighted by Gasteiger charge is -2.28. The van der Waals surface area contributed by atoms with Crippen LogP contribution in [0.4, 0.5) is 10.5 Å². The van der Waals surface area contributed by atoms with Crippen LogP contribution >= 0.6 is 11.6 Å². The largest absolute Gasteiger partial charge is 0.376 e. The molecule has 3 rings (SSSR count). The summed E-state index contributed by atoms with van der Waals surface area (Å²) in [5.74, 6) is 0.558. The van der Waals surface area contributed by atoms with Crippen LogP contribution in [0.2, 0.25) is 5.02 Å². The standard InChI is InChI=1S/C20H30ClN3O4S/c1-15-6-2-3-7-18(15)28-13-10-22-20(25)23-16-8-9-17(21)19(14-16)29(26,27)24-11-4-5-12-24/h8-9,14-15,18H,2-7,10-13H2,1H3,(H2,22,23,25)/t15-,18-/m1/s1. The molecule has 0 radical (unpaired) electrons. The molecule has 0 bridgehead atoms. The Morgan fingerprint density at radius 3 is 2.66 bits per heavy atom. The minimum atomic E-state index is -3.66. The maximum Gasteiger partial charge on any atom is 0.319 e. The summed E-state index contributed by atoms with van der Waals surface area (Å²) < 4.78 is 32.9. The molecule has 2 aliphatic rings. The Labute approximate surface area is 178 Å². The van der Waals surface area contributed by atoms with Gasteiger partial charge in [-0.05, 0) is 49.8 Å². The Morgan fingerprint density at radius 2 is 1.93 bits per heavy atom. The first kappa shape index (κ1) is 22.3. The molecule has 2 atom stereocenters. The number of hydrogen-bond acceptors (Lipinski definition) is 4. The molecule has 1 aromatic rings. The molecule has 0 unspecified atom stereocenters. The Bertz CT molecular complexity index is 812. The predicted molar refractivity (Wildman–Crippen MR) is 114 cm³/mol. The number of hydrogen-bond donors (Lipinski definition) is 2. The van der Waals surface area contributed by atoms with Gasteiger partial charge < -0.3 is 15.4 Å². The zero-order valence-corrected chi connectivity index (χ0v) is 18.4. The Morgan fingerprint density at radius 1 is 1.21 bits per heavy atom. The fourth-order valence-corrected chi connectivity index (χ4v) is 5.94. The molecule has 29 heavy (non-hydrogen) atoms. The lowest BCUT2D eigenvalue weighted by molar-refractivity contribution is -0.00232. The van der Waals surface area contributed by atoms with E-state index >= 15 is 0 Å². The van der Waals surface area contributed by atoms with Crippen LogP contribution < -0.4 is 10.6 Å². The molecule has 0 spiro atoms. The van der Waals surface area contributed by atoms with Gasteiger partial charge in [-0.2, -0.15) is 4.31 Å². The van der Waals surface area contributed by atoms with E-state index in [0.29, 0.717) is 37.8 Å². The molecule has 2 fully saturated rings. The average Bonchev–Trinajstić information content (AvgIpc) is 3.24. The van der Waals surface area contributed by atoms with E-state index in [1.54, 1.807) is 6.07 Å². The Kier molecular flexibility index (Phi) is 7.79. The first-order valence-electron chi connectivity index (χ1n) is 10.3. The summed E-state index contributed by atoms with van der Waals surface area (Å²) in [6, 6.07) is 4.09. The molecule has 1 aliphatic carbocycles. The zero-order chi connectivity index (χ0) is 20.9. The van der Waals surface area contributed by atoms with Crippen LogP contribution in [0.25, 0.3) is 0 Å². The van der Waals surface area contributed by atoms with Crippen LogP contribution in [0.15, 0.2) is 23.1 Å². The number of rotatable bonds is 7. The van der Waals surface area contributed by atoms with Crippen molar-refractivity contribution in [1.82, 2.24) is 9.62 Å². The van der Waals surface area contributed by atoms with E-state index in [0.717, 1.165) is 19.3 Å². The van der Waals surface area contributed by atoms with Crippen molar-refractivity contribution >= 4 is 33.3 Å². The minimum Gasteiger partial charge on any atom is -0.376 e. The van der Waals surface area contributed by atoms with Crippen LogP contribution in [-0.2, 0) is 14.8 Å². The molecule has 1 aromatic carbocycles. The van der Waals surface area contributed by atoms with Gasteiger partial charge in [0.25, 0.3) is 0 Å². The SMILES string of the molecule is C[C@@H]1CCCC[C@H]1OCCNC(=O)Nc1ccc(Cl)c(S(=O)(=O)N2CCCC2)c1. The highest BCUT2D eigenvalue weighted by molar-refractivity contribution is 7.89. The Hall–Kier alpha value is -1.35. The molecule has 1 saturated heterocycles. The summed E-state index contributed by atoms with van der Waals surface area (Å²) in [7, 11) is -3.66. The molecule has 162 valence electrons. The zero-order valence-electron chi connectivity index (χ0n) is 16.8. The maximum absolute atomic E-state index is 12.8. The number of ether oxygens (including phenoxy) is 1. The second-order valence-corrected chi connectivity index (χ2v) is 10.1. The number of anilines is 1. The van der Waals surface area contributed by atoms with Gasteiger partial charge in [-0.3, -0.25) is 0 Å². The molecule has 1 saturated carbocycles. The van der Waals surface area contributed by atoms with Crippen molar-refractivity contribution in [2.75, 3.05) is 31.6 Å². The van der Waals surface area contributed by atoms with E-state index < -0.39 is 16.1 Å². The third-order valence-corrected chi connectivity index (χ3v) is 8.00. The fraction of sp³-hybridized carbons (Fsp3) is 0.650. The number of halogens is 1. The summed E-state index contributed by atoms with van der Waals surface area (Å²) in [6.07, 6.45) is 6.69. The highest BCUT2D eigenvalue weighted by Crippen LogP contribution is 2.29. The molecule has 9 heteroatoms. The Balaban J connectivity index is 1.51. The third-order valence-electron chi connectivity index (χ3n) is 5.62. The molecule has 0 aromatic heterocycles. The van der Waals surface area contributed by atoms with Crippen molar-refractivity contribution in [2.24, 2.45) is 5.92 Å². The van der Waals surface area contributed by atoms with E-state index in [2.05, 4.69) is 17.6 Å². The van der Waals surface area contributed by atoms with Gasteiger partial charge in [-0.1, -0.05) is 31.4 Å². The lowest BCUT2D eigenvalue weighted by Crippen LogP contribution is -2.34. The molecule has 1 aliphatic heterocycles. The van der Waals surface area contributed by atoms with E-state index in [4.69, 9.17) is 16.3 Å². The van der Waals surface area contributed by atoms with E-state index in [1.807, 2.05) is 0 Å². The highest BCUT2D eigenvalue weighted by atomic mass is 35.5. The monoisotopic (exact) mass is 443 g/mol. The smallest absolute Gasteiger partial charge is 0.319 e. The summed E-state index contributed by atoms with van der Waals surface area (Å²) in [5.41, 5.74) is 0.381. The van der Waals surface area contributed by atoms with Crippen molar-refractivity contribution in [1.29, 1.82) is 0 Å². The quantitative estimate of drug-likeness (QED) is 0.626. The second kappa shape index (κ2) is 10.1. The molecular weight excluding hydrogens is 414 g/mol. The van der Waals surface area contributed by atoms with Gasteiger partial charge in [0.05, 0.1) is 17.7 Å². The van der Waals surface area contributed by atoms with Crippen molar-refractivity contribution in [2.45, 2.75) is 56.4 Å². The average molecular weight is 444 g/mol. The van der Waals surface area contributed by atoms with Gasteiger partial charge in [0, 0.05) is 25.3 Å². The number of sulfonamides is 1. The lowest BCUT2D eigenvalue weighted by atomic mass is 9.88. The van der Waals surface area contributed by atoms with Crippen LogP contribution in [-0.4, -0.2) is 51.1 Å². The summed E-state index contributed by atoms with van der Waals surface area (Å²) >= 11 is 6.13. The van der Waals surface area contributed by atoms with E-state index in [9.17, 15) is 13.2 Å². The van der Waals surface area contributed by atoms with Crippen molar-refractivity contribution in [3.63, 3.8) is 0 Å². The van der Waals surface area contributed by atoms with Crippen LogP contribution in [0.5, 0.6) is 0 Å². The van der Waals surface area contributed by atoms with Crippen molar-refractivity contribution < 1.29 is 17.9 Å². The number of amides is 2. The van der Waals surface area contributed by atoms with Crippen molar-refractivity contribution in [3.8, 4) is 0 Å². The van der Waals surface area contributed by atoms with Gasteiger partial charge in [-0.25, -0.2) is 13.2 Å². The minimum absolute atomic E-state index is 0.0217. The van der Waals surface area contributed by atoms with Gasteiger partial charge in [0.15, 0.2) is 0 Å². The second-order valence-electron chi connectivity index (χ2n) is 7.81. The summed E-state index contributed by atoms with van der Waals surface area (Å²) in [5, 5.41) is 5.57. The molecule has 2 N–H and O–H groups in total. The number of urea groups is 1. The van der Waals surface area contributed by atoms with E-state index in [1.165, 1.54) is 35.7 Å². The van der Waals surface area contributed by atoms with E-state index in [-0.39, 0.29) is 16.0 Å². The van der Waals surface area contributed by atoms with Crippen molar-refractivity contribution in [3.05, 3.63) is 23.2 Å². The summed E-state index contributed by atoms with van der Waals surface area (Å²) in [6.45, 7) is 4.05. The maximum atomic E-state index is 12.8. The topological polar surface area (TPSA) is 87.7 Å². The van der Waals surface area contributed by atoms with Gasteiger partial charge in [0.2, 0.25) is 10.0 Å². The molecular formula is C20H30ClN3O4S. The van der Waals surface area contributed by atoms with Crippen LogP contribution in [0.1, 0.15) is 45.4 Å².